The van der Waals surface area contributed by atoms with Gasteiger partial charge in [0, 0.05) is 17.8 Å². The number of benzene rings is 2. The number of hydrogen-bond donors (Lipinski definition) is 2. The maximum absolute atomic E-state index is 12.2. The third-order valence-electron chi connectivity index (χ3n) is 3.53. The first kappa shape index (κ1) is 19.5. The summed E-state index contributed by atoms with van der Waals surface area (Å²) in [6.45, 7) is 2.94. The van der Waals surface area contributed by atoms with Gasteiger partial charge in [-0.2, -0.15) is 0 Å². The van der Waals surface area contributed by atoms with Crippen LogP contribution in [0.15, 0.2) is 47.5 Å². The van der Waals surface area contributed by atoms with Gasteiger partial charge in [0.1, 0.15) is 17.2 Å². The number of aliphatic hydroxyl groups excluding tert-OH is 1. The molecule has 0 aliphatic rings. The van der Waals surface area contributed by atoms with Crippen LogP contribution in [0.3, 0.4) is 0 Å². The number of carbonyl (C=O) groups is 1. The molecule has 0 aromatic heterocycles. The molecular weight excluding hydrogens is 334 g/mol. The number of hydrogen-bond acceptors (Lipinski definition) is 6. The summed E-state index contributed by atoms with van der Waals surface area (Å²) in [5.41, 5.74) is 0.868. The summed E-state index contributed by atoms with van der Waals surface area (Å²) < 4.78 is 10.8. The number of unbranched alkanes of at least 4 members (excludes halogenated alkanes) is 1. The van der Waals surface area contributed by atoms with Crippen LogP contribution < -0.4 is 9.47 Å². The lowest BCUT2D eigenvalue weighted by molar-refractivity contribution is 0.0734. The van der Waals surface area contributed by atoms with E-state index in [2.05, 4.69) is 11.9 Å². The fourth-order valence-electron chi connectivity index (χ4n) is 2.10. The predicted octanol–water partition coefficient (Wildman–Crippen LogP) is 3.20. The number of phenolic OH excluding ortho intramolecular Hbond substituents is 1. The fourth-order valence-corrected chi connectivity index (χ4v) is 2.10. The van der Waals surface area contributed by atoms with Crippen molar-refractivity contribution in [3.05, 3.63) is 53.6 Å². The summed E-state index contributed by atoms with van der Waals surface area (Å²) in [6.07, 6.45) is 3.49. The van der Waals surface area contributed by atoms with Crippen LogP contribution >= 0.6 is 0 Å². The molecule has 2 aromatic carbocycles. The van der Waals surface area contributed by atoms with Gasteiger partial charge in [-0.3, -0.25) is 4.99 Å². The molecule has 0 aliphatic carbocycles. The molecule has 0 atom stereocenters. The van der Waals surface area contributed by atoms with Crippen LogP contribution in [0.4, 0.5) is 0 Å². The molecule has 0 radical (unpaired) electrons. The molecule has 26 heavy (non-hydrogen) atoms. The van der Waals surface area contributed by atoms with Gasteiger partial charge in [-0.1, -0.05) is 13.3 Å². The Hall–Kier alpha value is -2.86. The quantitative estimate of drug-likeness (QED) is 0.311. The second-order valence-corrected chi connectivity index (χ2v) is 5.60. The molecule has 2 rings (SSSR count). The third-order valence-corrected chi connectivity index (χ3v) is 3.53. The van der Waals surface area contributed by atoms with Crippen LogP contribution in [0, 0.1) is 0 Å². The molecule has 0 amide bonds. The zero-order valence-corrected chi connectivity index (χ0v) is 14.7. The lowest BCUT2D eigenvalue weighted by Gasteiger charge is -2.08. The Balaban J connectivity index is 1.97. The van der Waals surface area contributed by atoms with Crippen LogP contribution in [-0.2, 0) is 0 Å². The SMILES string of the molecule is CCCCOc1ccc(C(=O)Oc2ccc(C=NCCO)c(O)c2)cc1. The fraction of sp³-hybridized carbons (Fsp3) is 0.300. The summed E-state index contributed by atoms with van der Waals surface area (Å²) in [4.78, 5) is 16.1. The van der Waals surface area contributed by atoms with Crippen LogP contribution in [0.1, 0.15) is 35.7 Å². The van der Waals surface area contributed by atoms with Crippen molar-refractivity contribution in [2.24, 2.45) is 4.99 Å². The molecular formula is C20H23NO5. The van der Waals surface area contributed by atoms with Crippen molar-refractivity contribution in [2.75, 3.05) is 19.8 Å². The second kappa shape index (κ2) is 10.2. The van der Waals surface area contributed by atoms with Crippen LogP contribution in [0.25, 0.3) is 0 Å². The van der Waals surface area contributed by atoms with Gasteiger partial charge < -0.3 is 19.7 Å². The van der Waals surface area contributed by atoms with E-state index in [0.717, 1.165) is 12.8 Å². The van der Waals surface area contributed by atoms with E-state index in [1.807, 2.05) is 0 Å². The number of esters is 1. The molecule has 2 aromatic rings. The number of ether oxygens (including phenoxy) is 2. The Morgan fingerprint density at radius 3 is 2.54 bits per heavy atom. The summed E-state index contributed by atoms with van der Waals surface area (Å²) in [6, 6.07) is 11.2. The minimum Gasteiger partial charge on any atom is -0.507 e. The Kier molecular flexibility index (Phi) is 7.64. The zero-order chi connectivity index (χ0) is 18.8. The van der Waals surface area contributed by atoms with Crippen molar-refractivity contribution in [3.63, 3.8) is 0 Å². The second-order valence-electron chi connectivity index (χ2n) is 5.60. The van der Waals surface area contributed by atoms with E-state index in [0.29, 0.717) is 23.5 Å². The number of rotatable bonds is 9. The number of aromatic hydroxyl groups is 1. The summed E-state index contributed by atoms with van der Waals surface area (Å²) in [5.74, 6) is 0.358. The molecule has 0 saturated heterocycles. The third kappa shape index (κ3) is 5.89. The summed E-state index contributed by atoms with van der Waals surface area (Å²) >= 11 is 0. The minimum absolute atomic E-state index is 0.0586. The highest BCUT2D eigenvalue weighted by Gasteiger charge is 2.10. The minimum atomic E-state index is -0.522. The van der Waals surface area contributed by atoms with E-state index in [-0.39, 0.29) is 24.7 Å². The molecule has 138 valence electrons. The Morgan fingerprint density at radius 1 is 1.15 bits per heavy atom. The molecule has 0 spiro atoms. The molecule has 0 aliphatic heterocycles. The topological polar surface area (TPSA) is 88.4 Å². The van der Waals surface area contributed by atoms with Crippen molar-refractivity contribution >= 4 is 12.2 Å². The molecule has 0 heterocycles. The molecule has 6 nitrogen and oxygen atoms in total. The van der Waals surface area contributed by atoms with Gasteiger partial charge >= 0.3 is 5.97 Å². The molecule has 0 bridgehead atoms. The Morgan fingerprint density at radius 2 is 1.88 bits per heavy atom. The normalized spacial score (nSPS) is 10.8. The van der Waals surface area contributed by atoms with Crippen molar-refractivity contribution < 1.29 is 24.5 Å². The Bertz CT molecular complexity index is 740. The maximum Gasteiger partial charge on any atom is 0.343 e. The van der Waals surface area contributed by atoms with Gasteiger partial charge in [0.15, 0.2) is 0 Å². The first-order chi connectivity index (χ1) is 12.6. The van der Waals surface area contributed by atoms with E-state index < -0.39 is 5.97 Å². The van der Waals surface area contributed by atoms with E-state index in [4.69, 9.17) is 14.6 Å². The van der Waals surface area contributed by atoms with Gasteiger partial charge in [-0.25, -0.2) is 4.79 Å². The zero-order valence-electron chi connectivity index (χ0n) is 14.7. The average Bonchev–Trinajstić information content (AvgIpc) is 2.64. The van der Waals surface area contributed by atoms with Crippen LogP contribution in [0.2, 0.25) is 0 Å². The number of phenols is 1. The van der Waals surface area contributed by atoms with E-state index in [9.17, 15) is 9.90 Å². The lowest BCUT2D eigenvalue weighted by atomic mass is 10.2. The molecule has 6 heteroatoms. The highest BCUT2D eigenvalue weighted by Crippen LogP contribution is 2.23. The van der Waals surface area contributed by atoms with Crippen molar-refractivity contribution in [1.82, 2.24) is 0 Å². The van der Waals surface area contributed by atoms with Gasteiger partial charge in [0.05, 0.1) is 25.3 Å². The highest BCUT2D eigenvalue weighted by molar-refractivity contribution is 5.91. The van der Waals surface area contributed by atoms with E-state index >= 15 is 0 Å². The predicted molar refractivity (Wildman–Crippen MR) is 99.5 cm³/mol. The lowest BCUT2D eigenvalue weighted by Crippen LogP contribution is -2.08. The molecule has 0 unspecified atom stereocenters. The smallest absolute Gasteiger partial charge is 0.343 e. The Labute approximate surface area is 152 Å². The van der Waals surface area contributed by atoms with Crippen LogP contribution in [-0.4, -0.2) is 42.2 Å². The van der Waals surface area contributed by atoms with Crippen molar-refractivity contribution in [1.29, 1.82) is 0 Å². The highest BCUT2D eigenvalue weighted by atomic mass is 16.5. The molecule has 0 fully saturated rings. The standard InChI is InChI=1S/C20H23NO5/c1-2-3-12-25-17-7-4-15(5-8-17)20(24)26-18-9-6-16(19(23)13-18)14-21-10-11-22/h4-9,13-14,22-23H,2-3,10-12H2,1H3. The van der Waals surface area contributed by atoms with Gasteiger partial charge in [-0.05, 0) is 42.8 Å². The van der Waals surface area contributed by atoms with E-state index in [1.54, 1.807) is 36.4 Å². The monoisotopic (exact) mass is 357 g/mol. The number of aliphatic hydroxyl groups is 1. The number of nitrogens with zero attached hydrogens (tertiary/aromatic N) is 1. The van der Waals surface area contributed by atoms with E-state index in [1.165, 1.54) is 12.3 Å². The average molecular weight is 357 g/mol. The van der Waals surface area contributed by atoms with Crippen LogP contribution in [0.5, 0.6) is 17.2 Å². The van der Waals surface area contributed by atoms with Crippen molar-refractivity contribution in [2.45, 2.75) is 19.8 Å². The summed E-state index contributed by atoms with van der Waals surface area (Å²) in [7, 11) is 0. The van der Waals surface area contributed by atoms with Gasteiger partial charge in [0.2, 0.25) is 0 Å². The van der Waals surface area contributed by atoms with Gasteiger partial charge in [0.25, 0.3) is 0 Å². The number of aliphatic imine (C=N–C) groups is 1. The first-order valence-electron chi connectivity index (χ1n) is 8.52. The summed E-state index contributed by atoms with van der Waals surface area (Å²) in [5, 5.41) is 18.6. The molecule has 0 saturated carbocycles. The maximum atomic E-state index is 12.2. The first-order valence-corrected chi connectivity index (χ1v) is 8.52. The van der Waals surface area contributed by atoms with Crippen molar-refractivity contribution in [3.8, 4) is 17.2 Å². The van der Waals surface area contributed by atoms with Gasteiger partial charge in [-0.15, -0.1) is 0 Å². The largest absolute Gasteiger partial charge is 0.507 e. The molecule has 2 N–H and O–H groups in total. The number of carbonyl (C=O) groups excluding carboxylic acids is 1.